The number of benzene rings is 2. The van der Waals surface area contributed by atoms with Gasteiger partial charge in [-0.05, 0) is 61.8 Å². The quantitative estimate of drug-likeness (QED) is 0.546. The number of esters is 1. The van der Waals surface area contributed by atoms with Crippen LogP contribution in [-0.4, -0.2) is 55.7 Å². The van der Waals surface area contributed by atoms with Gasteiger partial charge in [0.25, 0.3) is 5.91 Å². The van der Waals surface area contributed by atoms with Gasteiger partial charge in [-0.25, -0.2) is 26.3 Å². The Morgan fingerprint density at radius 1 is 1.14 bits per heavy atom. The van der Waals surface area contributed by atoms with Crippen LogP contribution in [0.5, 0.6) is 0 Å². The maximum absolute atomic E-state index is 15.7. The van der Waals surface area contributed by atoms with Crippen molar-refractivity contribution in [2.45, 2.75) is 51.3 Å². The van der Waals surface area contributed by atoms with Crippen LogP contribution in [0, 0.1) is 29.3 Å². The Morgan fingerprint density at radius 2 is 1.78 bits per heavy atom. The van der Waals surface area contributed by atoms with Crippen molar-refractivity contribution < 1.29 is 35.9 Å². The highest BCUT2D eigenvalue weighted by Crippen LogP contribution is 2.48. The van der Waals surface area contributed by atoms with Crippen LogP contribution >= 0.6 is 0 Å². The third-order valence-corrected chi connectivity index (χ3v) is 7.59. The van der Waals surface area contributed by atoms with Gasteiger partial charge < -0.3 is 9.64 Å². The molecule has 1 saturated carbocycles. The van der Waals surface area contributed by atoms with Crippen LogP contribution in [0.1, 0.15) is 32.8 Å². The number of rotatable bonds is 7. The van der Waals surface area contributed by atoms with E-state index in [9.17, 15) is 26.8 Å². The first-order valence-electron chi connectivity index (χ1n) is 11.9. The molecule has 1 aliphatic heterocycles. The lowest BCUT2D eigenvalue weighted by Gasteiger charge is -2.44. The van der Waals surface area contributed by atoms with Crippen molar-refractivity contribution in [3.05, 3.63) is 59.4 Å². The molecule has 4 unspecified atom stereocenters. The van der Waals surface area contributed by atoms with E-state index in [1.54, 1.807) is 0 Å². The van der Waals surface area contributed by atoms with Crippen LogP contribution in [0.2, 0.25) is 0 Å². The molecule has 0 aromatic heterocycles. The molecule has 4 atom stereocenters. The number of carbonyl (C=O) groups excluding carboxylic acids is 2. The SMILES string of the molecule is CC(=O)OC(C)(C)C(=O)N1CC2CC2C(NS(C)(=O)=O)C1Cc1cccc(-c2cc(F)cc(F)c2)c1F. The Morgan fingerprint density at radius 3 is 2.38 bits per heavy atom. The standard InChI is InChI=1S/C26H29F3N2O5S/c1-14(32)36-26(2,3)25(33)31-13-17-10-21(17)24(30-37(4,34)35)22(31)11-15-6-5-7-20(23(15)29)16-8-18(27)12-19(28)9-16/h5-9,12,17,21-22,24,30H,10-11,13H2,1-4H3. The molecule has 1 saturated heterocycles. The van der Waals surface area contributed by atoms with Gasteiger partial charge in [0.1, 0.15) is 17.5 Å². The molecule has 2 aliphatic rings. The number of amides is 1. The highest BCUT2D eigenvalue weighted by atomic mass is 32.2. The summed E-state index contributed by atoms with van der Waals surface area (Å²) in [6.45, 7) is 4.39. The van der Waals surface area contributed by atoms with E-state index in [1.165, 1.54) is 43.9 Å². The second kappa shape index (κ2) is 9.75. The van der Waals surface area contributed by atoms with Crippen LogP contribution in [-0.2, 0) is 30.8 Å². The number of carbonyl (C=O) groups is 2. The van der Waals surface area contributed by atoms with Crippen molar-refractivity contribution in [2.75, 3.05) is 12.8 Å². The van der Waals surface area contributed by atoms with Gasteiger partial charge >= 0.3 is 5.97 Å². The van der Waals surface area contributed by atoms with Gasteiger partial charge in [-0.2, -0.15) is 0 Å². The summed E-state index contributed by atoms with van der Waals surface area (Å²) in [5.74, 6) is -3.59. The molecular formula is C26H29F3N2O5S. The smallest absolute Gasteiger partial charge is 0.303 e. The molecule has 0 spiro atoms. The van der Waals surface area contributed by atoms with E-state index in [1.807, 2.05) is 0 Å². The Balaban J connectivity index is 1.74. The van der Waals surface area contributed by atoms with Gasteiger partial charge in [0, 0.05) is 31.1 Å². The summed E-state index contributed by atoms with van der Waals surface area (Å²) in [7, 11) is -3.68. The molecule has 7 nitrogen and oxygen atoms in total. The van der Waals surface area contributed by atoms with Gasteiger partial charge in [-0.15, -0.1) is 0 Å². The van der Waals surface area contributed by atoms with Crippen molar-refractivity contribution in [3.8, 4) is 11.1 Å². The molecule has 2 aromatic carbocycles. The maximum atomic E-state index is 15.7. The highest BCUT2D eigenvalue weighted by Gasteiger charge is 2.56. The minimum atomic E-state index is -3.68. The number of piperidine rings is 1. The number of nitrogens with one attached hydrogen (secondary N) is 1. The second-order valence-corrected chi connectivity index (χ2v) is 12.1. The number of hydrogen-bond acceptors (Lipinski definition) is 5. The fourth-order valence-electron chi connectivity index (χ4n) is 5.32. The molecule has 2 fully saturated rings. The average Bonchev–Trinajstić information content (AvgIpc) is 3.53. The minimum Gasteiger partial charge on any atom is -0.450 e. The fraction of sp³-hybridized carbons (Fsp3) is 0.462. The van der Waals surface area contributed by atoms with E-state index in [-0.39, 0.29) is 34.9 Å². The monoisotopic (exact) mass is 538 g/mol. The number of halogens is 3. The highest BCUT2D eigenvalue weighted by molar-refractivity contribution is 7.88. The van der Waals surface area contributed by atoms with E-state index >= 15 is 4.39 Å². The van der Waals surface area contributed by atoms with Gasteiger partial charge in [-0.3, -0.25) is 9.59 Å². The first kappa shape index (κ1) is 27.1. The third kappa shape index (κ3) is 5.98. The van der Waals surface area contributed by atoms with E-state index in [4.69, 9.17) is 4.74 Å². The maximum Gasteiger partial charge on any atom is 0.303 e. The first-order valence-corrected chi connectivity index (χ1v) is 13.8. The minimum absolute atomic E-state index is 0.0116. The Kier molecular flexibility index (Phi) is 7.15. The zero-order valence-corrected chi connectivity index (χ0v) is 21.7. The summed E-state index contributed by atoms with van der Waals surface area (Å²) < 4.78 is 75.7. The topological polar surface area (TPSA) is 92.8 Å². The molecule has 1 heterocycles. The number of hydrogen-bond donors (Lipinski definition) is 1. The lowest BCUT2D eigenvalue weighted by atomic mass is 9.88. The zero-order valence-electron chi connectivity index (χ0n) is 20.9. The number of likely N-dealkylation sites (tertiary alicyclic amines) is 1. The van der Waals surface area contributed by atoms with Crippen LogP contribution in [0.25, 0.3) is 11.1 Å². The van der Waals surface area contributed by atoms with Crippen LogP contribution < -0.4 is 4.72 Å². The fourth-order valence-corrected chi connectivity index (χ4v) is 6.14. The predicted molar refractivity (Wildman–Crippen MR) is 130 cm³/mol. The van der Waals surface area contributed by atoms with Crippen molar-refractivity contribution in [1.29, 1.82) is 0 Å². The van der Waals surface area contributed by atoms with Crippen molar-refractivity contribution in [2.24, 2.45) is 11.8 Å². The van der Waals surface area contributed by atoms with E-state index in [0.717, 1.165) is 18.4 Å². The number of sulfonamides is 1. The molecule has 4 rings (SSSR count). The normalized spacial score (nSPS) is 23.4. The molecule has 0 bridgehead atoms. The first-order chi connectivity index (χ1) is 17.2. The molecule has 1 N–H and O–H groups in total. The molecule has 2 aromatic rings. The van der Waals surface area contributed by atoms with Gasteiger partial charge in [-0.1, -0.05) is 18.2 Å². The van der Waals surface area contributed by atoms with E-state index < -0.39 is 57.0 Å². The molecule has 0 radical (unpaired) electrons. The Hall–Kier alpha value is -2.92. The molecule has 37 heavy (non-hydrogen) atoms. The number of ether oxygens (including phenoxy) is 1. The zero-order chi connectivity index (χ0) is 27.3. The third-order valence-electron chi connectivity index (χ3n) is 6.89. The summed E-state index contributed by atoms with van der Waals surface area (Å²) in [6, 6.07) is 5.66. The molecule has 1 amide bonds. The van der Waals surface area contributed by atoms with Crippen molar-refractivity contribution in [1.82, 2.24) is 9.62 Å². The van der Waals surface area contributed by atoms with Crippen LogP contribution in [0.4, 0.5) is 13.2 Å². The van der Waals surface area contributed by atoms with E-state index in [0.29, 0.717) is 19.0 Å². The van der Waals surface area contributed by atoms with Crippen molar-refractivity contribution >= 4 is 21.9 Å². The largest absolute Gasteiger partial charge is 0.450 e. The second-order valence-electron chi connectivity index (χ2n) is 10.3. The van der Waals surface area contributed by atoms with Gasteiger partial charge in [0.2, 0.25) is 10.0 Å². The summed E-state index contributed by atoms with van der Waals surface area (Å²) in [5, 5.41) is 0. The van der Waals surface area contributed by atoms with E-state index in [2.05, 4.69) is 4.72 Å². The molecule has 200 valence electrons. The molecular weight excluding hydrogens is 509 g/mol. The molecule has 1 aliphatic carbocycles. The van der Waals surface area contributed by atoms with Crippen molar-refractivity contribution in [3.63, 3.8) is 0 Å². The Bertz CT molecular complexity index is 1330. The lowest BCUT2D eigenvalue weighted by Crippen LogP contribution is -2.62. The summed E-state index contributed by atoms with van der Waals surface area (Å²) in [5.41, 5.74) is -1.39. The molecule has 11 heteroatoms. The predicted octanol–water partition coefficient (Wildman–Crippen LogP) is 3.42. The summed E-state index contributed by atoms with van der Waals surface area (Å²) in [4.78, 5) is 26.7. The number of fused-ring (bicyclic) bond motifs is 1. The summed E-state index contributed by atoms with van der Waals surface area (Å²) in [6.07, 6.45) is 1.63. The van der Waals surface area contributed by atoms with Crippen LogP contribution in [0.3, 0.4) is 0 Å². The Labute approximate surface area is 214 Å². The van der Waals surface area contributed by atoms with Gasteiger partial charge in [0.05, 0.1) is 12.3 Å². The number of nitrogens with zero attached hydrogens (tertiary/aromatic N) is 1. The average molecular weight is 539 g/mol. The van der Waals surface area contributed by atoms with Gasteiger partial charge in [0.15, 0.2) is 5.60 Å². The lowest BCUT2D eigenvalue weighted by molar-refractivity contribution is -0.171. The van der Waals surface area contributed by atoms with Crippen LogP contribution in [0.15, 0.2) is 36.4 Å². The summed E-state index contributed by atoms with van der Waals surface area (Å²) >= 11 is 0.